The lowest BCUT2D eigenvalue weighted by Gasteiger charge is -2.28. The van der Waals surface area contributed by atoms with Gasteiger partial charge in [-0.1, -0.05) is 17.7 Å². The zero-order chi connectivity index (χ0) is 16.4. The number of rotatable bonds is 3. The molecule has 0 amide bonds. The zero-order valence-electron chi connectivity index (χ0n) is 13.2. The van der Waals surface area contributed by atoms with Crippen LogP contribution in [0.2, 0.25) is 5.15 Å². The van der Waals surface area contributed by atoms with Crippen LogP contribution in [0.3, 0.4) is 0 Å². The number of aromatic nitrogens is 1. The van der Waals surface area contributed by atoms with Crippen LogP contribution in [-0.4, -0.2) is 38.3 Å². The highest BCUT2D eigenvalue weighted by Crippen LogP contribution is 2.34. The number of hydrogen-bond donors (Lipinski definition) is 1. The van der Waals surface area contributed by atoms with Crippen molar-refractivity contribution in [3.05, 3.63) is 40.8 Å². The maximum Gasteiger partial charge on any atom is 0.168 e. The Labute approximate surface area is 140 Å². The summed E-state index contributed by atoms with van der Waals surface area (Å²) in [5.74, 6) is 0.198. The van der Waals surface area contributed by atoms with Gasteiger partial charge < -0.3 is 15.0 Å². The van der Waals surface area contributed by atoms with E-state index in [1.165, 1.54) is 0 Å². The normalized spacial score (nSPS) is 14.9. The van der Waals surface area contributed by atoms with Crippen LogP contribution < -0.4 is 10.2 Å². The van der Waals surface area contributed by atoms with E-state index < -0.39 is 5.82 Å². The summed E-state index contributed by atoms with van der Waals surface area (Å²) in [7, 11) is 1.84. The summed E-state index contributed by atoms with van der Waals surface area (Å²) >= 11 is 6.05. The molecule has 1 fully saturated rings. The Balaban J connectivity index is 2.09. The van der Waals surface area contributed by atoms with Gasteiger partial charge in [-0.05, 0) is 36.2 Å². The van der Waals surface area contributed by atoms with Crippen molar-refractivity contribution >= 4 is 23.1 Å². The molecular formula is C17H19ClFN3O. The first-order valence-electron chi connectivity index (χ1n) is 7.57. The molecule has 1 aromatic carbocycles. The van der Waals surface area contributed by atoms with Gasteiger partial charge in [0.1, 0.15) is 5.82 Å². The number of morpholine rings is 1. The molecule has 2 heterocycles. The van der Waals surface area contributed by atoms with Crippen LogP contribution in [0.5, 0.6) is 0 Å². The van der Waals surface area contributed by atoms with Gasteiger partial charge in [0, 0.05) is 31.4 Å². The molecule has 2 aromatic rings. The maximum absolute atomic E-state index is 14.6. The third kappa shape index (κ3) is 3.26. The zero-order valence-corrected chi connectivity index (χ0v) is 14.0. The Bertz CT molecular complexity index is 717. The number of ether oxygens (including phenoxy) is 1. The molecule has 0 unspecified atom stereocenters. The van der Waals surface area contributed by atoms with Gasteiger partial charge in [-0.3, -0.25) is 0 Å². The minimum atomic E-state index is -0.486. The van der Waals surface area contributed by atoms with E-state index in [0.717, 1.165) is 29.9 Å². The molecule has 122 valence electrons. The van der Waals surface area contributed by atoms with E-state index in [1.54, 1.807) is 6.07 Å². The summed E-state index contributed by atoms with van der Waals surface area (Å²) in [5.41, 5.74) is 3.19. The topological polar surface area (TPSA) is 37.4 Å². The van der Waals surface area contributed by atoms with Crippen LogP contribution in [0, 0.1) is 12.7 Å². The van der Waals surface area contributed by atoms with E-state index in [1.807, 2.05) is 32.2 Å². The van der Waals surface area contributed by atoms with Gasteiger partial charge in [0.05, 0.1) is 13.2 Å². The Morgan fingerprint density at radius 2 is 1.96 bits per heavy atom. The molecule has 23 heavy (non-hydrogen) atoms. The van der Waals surface area contributed by atoms with Crippen LogP contribution in [0.15, 0.2) is 24.3 Å². The molecule has 0 saturated carbocycles. The first-order valence-corrected chi connectivity index (χ1v) is 7.95. The second-order valence-corrected chi connectivity index (χ2v) is 5.87. The molecule has 1 saturated heterocycles. The molecule has 0 bridgehead atoms. The number of halogens is 2. The predicted molar refractivity (Wildman–Crippen MR) is 92.0 cm³/mol. The van der Waals surface area contributed by atoms with E-state index in [9.17, 15) is 4.39 Å². The SMILES string of the molecule is CNc1ccc(C)c(-c2cc(N3CCOCC3)nc(Cl)c2F)c1. The average molecular weight is 336 g/mol. The summed E-state index contributed by atoms with van der Waals surface area (Å²) in [6.07, 6.45) is 0. The molecule has 0 aliphatic carbocycles. The van der Waals surface area contributed by atoms with E-state index in [2.05, 4.69) is 15.2 Å². The molecule has 1 N–H and O–H groups in total. The fraction of sp³-hybridized carbons (Fsp3) is 0.353. The van der Waals surface area contributed by atoms with Gasteiger partial charge in [0.2, 0.25) is 0 Å². The Kier molecular flexibility index (Phi) is 4.68. The van der Waals surface area contributed by atoms with E-state index in [4.69, 9.17) is 16.3 Å². The molecule has 6 heteroatoms. The van der Waals surface area contributed by atoms with Crippen LogP contribution in [0.4, 0.5) is 15.9 Å². The average Bonchev–Trinajstić information content (AvgIpc) is 2.59. The molecule has 0 spiro atoms. The summed E-state index contributed by atoms with van der Waals surface area (Å²) in [4.78, 5) is 6.27. The number of benzene rings is 1. The Morgan fingerprint density at radius 1 is 1.22 bits per heavy atom. The van der Waals surface area contributed by atoms with Crippen molar-refractivity contribution < 1.29 is 9.13 Å². The van der Waals surface area contributed by atoms with Crippen molar-refractivity contribution in [1.29, 1.82) is 0 Å². The molecule has 1 aromatic heterocycles. The van der Waals surface area contributed by atoms with Crippen molar-refractivity contribution in [2.45, 2.75) is 6.92 Å². The van der Waals surface area contributed by atoms with Gasteiger partial charge in [-0.25, -0.2) is 9.37 Å². The Hall–Kier alpha value is -1.85. The number of pyridine rings is 1. The van der Waals surface area contributed by atoms with E-state index >= 15 is 0 Å². The Morgan fingerprint density at radius 3 is 2.65 bits per heavy atom. The van der Waals surface area contributed by atoms with Gasteiger partial charge in [0.25, 0.3) is 0 Å². The highest BCUT2D eigenvalue weighted by Gasteiger charge is 2.19. The van der Waals surface area contributed by atoms with Gasteiger partial charge in [-0.2, -0.15) is 0 Å². The van der Waals surface area contributed by atoms with Crippen molar-refractivity contribution in [1.82, 2.24) is 4.98 Å². The van der Waals surface area contributed by atoms with Gasteiger partial charge in [0.15, 0.2) is 11.0 Å². The van der Waals surface area contributed by atoms with Crippen LogP contribution in [0.1, 0.15) is 5.56 Å². The second-order valence-electron chi connectivity index (χ2n) is 5.51. The largest absolute Gasteiger partial charge is 0.388 e. The summed E-state index contributed by atoms with van der Waals surface area (Å²) in [5, 5.41) is 2.98. The van der Waals surface area contributed by atoms with Crippen LogP contribution in [-0.2, 0) is 4.74 Å². The monoisotopic (exact) mass is 335 g/mol. The minimum absolute atomic E-state index is 0.0988. The van der Waals surface area contributed by atoms with E-state index in [-0.39, 0.29) is 5.15 Å². The first kappa shape index (κ1) is 16.0. The lowest BCUT2D eigenvalue weighted by atomic mass is 10.00. The minimum Gasteiger partial charge on any atom is -0.388 e. The number of aryl methyl sites for hydroxylation is 1. The fourth-order valence-electron chi connectivity index (χ4n) is 2.70. The third-order valence-corrected chi connectivity index (χ3v) is 4.31. The van der Waals surface area contributed by atoms with E-state index in [0.29, 0.717) is 24.6 Å². The number of nitrogens with zero attached hydrogens (tertiary/aromatic N) is 2. The first-order chi connectivity index (χ1) is 11.1. The summed E-state index contributed by atoms with van der Waals surface area (Å²) in [6.45, 7) is 4.69. The fourth-order valence-corrected chi connectivity index (χ4v) is 2.89. The summed E-state index contributed by atoms with van der Waals surface area (Å²) < 4.78 is 19.9. The third-order valence-electron chi connectivity index (χ3n) is 4.06. The van der Waals surface area contributed by atoms with Crippen LogP contribution in [0.25, 0.3) is 11.1 Å². The molecule has 3 rings (SSSR count). The molecule has 0 atom stereocenters. The molecular weight excluding hydrogens is 317 g/mol. The standard InChI is InChI=1S/C17H19ClFN3O/c1-11-3-4-12(20-2)9-13(11)14-10-15(21-17(18)16(14)19)22-5-7-23-8-6-22/h3-4,9-10,20H,5-8H2,1-2H3. The second kappa shape index (κ2) is 6.72. The molecule has 4 nitrogen and oxygen atoms in total. The lowest BCUT2D eigenvalue weighted by molar-refractivity contribution is 0.122. The van der Waals surface area contributed by atoms with Gasteiger partial charge >= 0.3 is 0 Å². The molecule has 0 radical (unpaired) electrons. The molecule has 1 aliphatic rings. The van der Waals surface area contributed by atoms with Crippen LogP contribution >= 0.6 is 11.6 Å². The maximum atomic E-state index is 14.6. The van der Waals surface area contributed by atoms with Crippen molar-refractivity contribution in [2.24, 2.45) is 0 Å². The number of hydrogen-bond acceptors (Lipinski definition) is 4. The quantitative estimate of drug-likeness (QED) is 0.867. The highest BCUT2D eigenvalue weighted by molar-refractivity contribution is 6.30. The molecule has 1 aliphatic heterocycles. The lowest BCUT2D eigenvalue weighted by Crippen LogP contribution is -2.36. The number of anilines is 2. The van der Waals surface area contributed by atoms with Crippen molar-refractivity contribution in [2.75, 3.05) is 43.6 Å². The smallest absolute Gasteiger partial charge is 0.168 e. The summed E-state index contributed by atoms with van der Waals surface area (Å²) in [6, 6.07) is 7.62. The van der Waals surface area contributed by atoms with Gasteiger partial charge in [-0.15, -0.1) is 0 Å². The van der Waals surface area contributed by atoms with Crippen molar-refractivity contribution in [3.8, 4) is 11.1 Å². The van der Waals surface area contributed by atoms with Crippen molar-refractivity contribution in [3.63, 3.8) is 0 Å². The highest BCUT2D eigenvalue weighted by atomic mass is 35.5. The number of nitrogens with one attached hydrogen (secondary N) is 1. The predicted octanol–water partition coefficient (Wildman–Crippen LogP) is 3.73.